The molecule has 0 amide bonds. The Balaban J connectivity index is 1.71. The average molecular weight is 370 g/mol. The van der Waals surface area contributed by atoms with Crippen LogP contribution in [-0.4, -0.2) is 28.6 Å². The van der Waals surface area contributed by atoms with E-state index >= 15 is 0 Å². The van der Waals surface area contributed by atoms with Crippen LogP contribution in [0.15, 0.2) is 58.3 Å². The maximum absolute atomic E-state index is 4.51. The third-order valence-electron chi connectivity index (χ3n) is 3.84. The number of halogens is 1. The molecule has 4 rings (SSSR count). The smallest absolute Gasteiger partial charge is 0.195 e. The van der Waals surface area contributed by atoms with E-state index in [-0.39, 0.29) is 0 Å². The van der Waals surface area contributed by atoms with Gasteiger partial charge in [0.05, 0.1) is 34.1 Å². The average Bonchev–Trinajstić information content (AvgIpc) is 3.21. The van der Waals surface area contributed by atoms with E-state index in [0.29, 0.717) is 0 Å². The predicted molar refractivity (Wildman–Crippen MR) is 96.9 cm³/mol. The Bertz CT molecular complexity index is 869. The van der Waals surface area contributed by atoms with Gasteiger partial charge in [-0.3, -0.25) is 4.99 Å². The first-order valence-corrected chi connectivity index (χ1v) is 8.33. The number of fused-ring (bicyclic) bond motifs is 1. The summed E-state index contributed by atoms with van der Waals surface area (Å²) < 4.78 is 3.16. The topological polar surface area (TPSA) is 54.2 Å². The number of nitrogens with zero attached hydrogens (tertiary/aromatic N) is 3. The molecule has 2 N–H and O–H groups in total. The van der Waals surface area contributed by atoms with Gasteiger partial charge in [0.25, 0.3) is 0 Å². The Labute approximate surface area is 142 Å². The Kier molecular flexibility index (Phi) is 3.75. The van der Waals surface area contributed by atoms with Gasteiger partial charge in [0.2, 0.25) is 0 Å². The third kappa shape index (κ3) is 2.82. The second-order valence-electron chi connectivity index (χ2n) is 5.44. The van der Waals surface area contributed by atoms with E-state index in [4.69, 9.17) is 0 Å². The van der Waals surface area contributed by atoms with Gasteiger partial charge in [0.1, 0.15) is 0 Å². The van der Waals surface area contributed by atoms with E-state index < -0.39 is 0 Å². The summed E-state index contributed by atoms with van der Waals surface area (Å²) in [6, 6.07) is 14.4. The summed E-state index contributed by atoms with van der Waals surface area (Å²) in [5.74, 6) is 0.819. The number of aliphatic imine (C=N–C) groups is 1. The second-order valence-corrected chi connectivity index (χ2v) is 6.23. The monoisotopic (exact) mass is 369 g/mol. The molecule has 2 heterocycles. The molecule has 1 aromatic heterocycles. The number of nitrogens with one attached hydrogen (secondary N) is 2. The highest BCUT2D eigenvalue weighted by atomic mass is 79.9. The highest BCUT2D eigenvalue weighted by Crippen LogP contribution is 2.31. The van der Waals surface area contributed by atoms with Crippen LogP contribution in [-0.2, 0) is 6.54 Å². The Morgan fingerprint density at radius 1 is 1.17 bits per heavy atom. The van der Waals surface area contributed by atoms with E-state index in [1.54, 1.807) is 0 Å². The predicted octanol–water partition coefficient (Wildman–Crippen LogP) is 3.22. The number of anilines is 1. The molecule has 1 aliphatic rings. The van der Waals surface area contributed by atoms with Crippen molar-refractivity contribution < 1.29 is 0 Å². The minimum atomic E-state index is 0.790. The number of imidazole rings is 1. The number of aromatic nitrogens is 2. The lowest BCUT2D eigenvalue weighted by molar-refractivity contribution is 0.823. The van der Waals surface area contributed by atoms with Crippen molar-refractivity contribution in [2.45, 2.75) is 6.54 Å². The number of benzene rings is 2. The standard InChI is InChI=1S/C17H16BrN5/c18-15-13(22-17-19-8-9-20-17)6-7-14-16(15)23(11-21-14)10-12-4-2-1-3-5-12/h1-7,11H,8-10H2,(H2,19,20,22). The van der Waals surface area contributed by atoms with Gasteiger partial charge >= 0.3 is 0 Å². The summed E-state index contributed by atoms with van der Waals surface area (Å²) >= 11 is 3.73. The molecule has 5 nitrogen and oxygen atoms in total. The molecule has 3 aromatic rings. The highest BCUT2D eigenvalue weighted by Gasteiger charge is 2.13. The van der Waals surface area contributed by atoms with Crippen LogP contribution in [0.1, 0.15) is 5.56 Å². The molecule has 0 saturated carbocycles. The van der Waals surface area contributed by atoms with E-state index in [1.807, 2.05) is 24.5 Å². The molecule has 23 heavy (non-hydrogen) atoms. The first-order chi connectivity index (χ1) is 11.3. The van der Waals surface area contributed by atoms with Gasteiger partial charge in [-0.1, -0.05) is 30.3 Å². The zero-order valence-electron chi connectivity index (χ0n) is 12.5. The Morgan fingerprint density at radius 3 is 2.83 bits per heavy atom. The van der Waals surface area contributed by atoms with E-state index in [9.17, 15) is 0 Å². The maximum atomic E-state index is 4.51. The summed E-state index contributed by atoms with van der Waals surface area (Å²) in [5.41, 5.74) is 4.29. The number of rotatable bonds is 3. The Hall–Kier alpha value is -2.34. The molecular formula is C17H16BrN5. The van der Waals surface area contributed by atoms with E-state index in [1.165, 1.54) is 5.56 Å². The molecule has 2 aromatic carbocycles. The van der Waals surface area contributed by atoms with Gasteiger partial charge in [-0.05, 0) is 33.6 Å². The molecule has 0 fully saturated rings. The van der Waals surface area contributed by atoms with Crippen LogP contribution in [0.5, 0.6) is 0 Å². The first kappa shape index (κ1) is 14.3. The molecule has 0 atom stereocenters. The summed E-state index contributed by atoms with van der Waals surface area (Å²) in [7, 11) is 0. The lowest BCUT2D eigenvalue weighted by Crippen LogP contribution is -2.26. The molecule has 0 bridgehead atoms. The summed E-state index contributed by atoms with van der Waals surface area (Å²) in [6.45, 7) is 2.49. The molecule has 6 heteroatoms. The van der Waals surface area contributed by atoms with Crippen molar-refractivity contribution in [3.8, 4) is 0 Å². The van der Waals surface area contributed by atoms with Crippen molar-refractivity contribution in [3.63, 3.8) is 0 Å². The fraction of sp³-hybridized carbons (Fsp3) is 0.176. The molecule has 1 aliphatic heterocycles. The fourth-order valence-electron chi connectivity index (χ4n) is 2.73. The molecular weight excluding hydrogens is 354 g/mol. The van der Waals surface area contributed by atoms with Crippen LogP contribution in [0.4, 0.5) is 5.69 Å². The minimum Gasteiger partial charge on any atom is -0.354 e. The van der Waals surface area contributed by atoms with Gasteiger partial charge in [0, 0.05) is 13.1 Å². The molecule has 0 saturated heterocycles. The molecule has 0 unspecified atom stereocenters. The zero-order chi connectivity index (χ0) is 15.6. The van der Waals surface area contributed by atoms with Crippen molar-refractivity contribution >= 4 is 38.6 Å². The fourth-order valence-corrected chi connectivity index (χ4v) is 3.39. The lowest BCUT2D eigenvalue weighted by atomic mass is 10.2. The van der Waals surface area contributed by atoms with Crippen LogP contribution >= 0.6 is 15.9 Å². The lowest BCUT2D eigenvalue weighted by Gasteiger charge is -2.11. The van der Waals surface area contributed by atoms with Gasteiger partial charge in [-0.2, -0.15) is 0 Å². The van der Waals surface area contributed by atoms with E-state index in [0.717, 1.165) is 46.8 Å². The maximum Gasteiger partial charge on any atom is 0.195 e. The van der Waals surface area contributed by atoms with Crippen LogP contribution in [0.3, 0.4) is 0 Å². The van der Waals surface area contributed by atoms with Crippen LogP contribution in [0, 0.1) is 0 Å². The minimum absolute atomic E-state index is 0.790. The van der Waals surface area contributed by atoms with Crippen LogP contribution in [0.25, 0.3) is 11.0 Å². The highest BCUT2D eigenvalue weighted by molar-refractivity contribution is 9.10. The normalized spacial score (nSPS) is 13.9. The van der Waals surface area contributed by atoms with Crippen molar-refractivity contribution in [2.75, 3.05) is 18.4 Å². The largest absolute Gasteiger partial charge is 0.354 e. The van der Waals surface area contributed by atoms with Crippen LogP contribution < -0.4 is 10.6 Å². The summed E-state index contributed by atoms with van der Waals surface area (Å²) in [4.78, 5) is 8.89. The first-order valence-electron chi connectivity index (χ1n) is 7.54. The molecule has 116 valence electrons. The van der Waals surface area contributed by atoms with Crippen molar-refractivity contribution in [2.24, 2.45) is 4.99 Å². The summed E-state index contributed by atoms with van der Waals surface area (Å²) in [6.07, 6.45) is 1.89. The van der Waals surface area contributed by atoms with Gasteiger partial charge in [-0.15, -0.1) is 0 Å². The number of hydrogen-bond donors (Lipinski definition) is 2. The van der Waals surface area contributed by atoms with Crippen molar-refractivity contribution in [1.82, 2.24) is 14.9 Å². The molecule has 0 radical (unpaired) electrons. The zero-order valence-corrected chi connectivity index (χ0v) is 14.0. The van der Waals surface area contributed by atoms with E-state index in [2.05, 4.69) is 65.4 Å². The molecule has 0 aliphatic carbocycles. The quantitative estimate of drug-likeness (QED) is 0.745. The molecule has 0 spiro atoms. The third-order valence-corrected chi connectivity index (χ3v) is 4.64. The number of guanidine groups is 1. The Morgan fingerprint density at radius 2 is 2.04 bits per heavy atom. The van der Waals surface area contributed by atoms with Crippen LogP contribution in [0.2, 0.25) is 0 Å². The number of hydrogen-bond acceptors (Lipinski definition) is 4. The SMILES string of the molecule is Brc1c(NC2=NCCN2)ccc2ncn(Cc3ccccc3)c12. The van der Waals surface area contributed by atoms with Gasteiger partial charge in [0.15, 0.2) is 5.96 Å². The summed E-state index contributed by atoms with van der Waals surface area (Å²) in [5, 5.41) is 6.56. The van der Waals surface area contributed by atoms with Crippen molar-refractivity contribution in [3.05, 3.63) is 58.8 Å². The van der Waals surface area contributed by atoms with Gasteiger partial charge in [-0.25, -0.2) is 4.98 Å². The van der Waals surface area contributed by atoms with Crippen molar-refractivity contribution in [1.29, 1.82) is 0 Å². The second kappa shape index (κ2) is 6.04. The van der Waals surface area contributed by atoms with Gasteiger partial charge < -0.3 is 15.2 Å².